The average Bonchev–Trinajstić information content (AvgIpc) is 3.03. The Balaban J connectivity index is 2.11. The van der Waals surface area contributed by atoms with Crippen molar-refractivity contribution in [3.63, 3.8) is 0 Å². The van der Waals surface area contributed by atoms with Crippen molar-refractivity contribution >= 4 is 27.5 Å². The molecule has 19 heavy (non-hydrogen) atoms. The molecule has 2 N–H and O–H groups in total. The van der Waals surface area contributed by atoms with E-state index >= 15 is 0 Å². The SMILES string of the molecule is Cc1ccc(C(=O)C[S+](CCO)CCO)c2c1S2=O. The van der Waals surface area contributed by atoms with Crippen LogP contribution in [0.4, 0.5) is 0 Å². The number of ketones is 1. The Morgan fingerprint density at radius 2 is 1.84 bits per heavy atom. The Morgan fingerprint density at radius 1 is 1.21 bits per heavy atom. The molecule has 104 valence electrons. The molecule has 0 fully saturated rings. The second-order valence-electron chi connectivity index (χ2n) is 4.39. The van der Waals surface area contributed by atoms with Crippen LogP contribution in [0.1, 0.15) is 15.9 Å². The first-order valence-electron chi connectivity index (χ1n) is 6.04. The van der Waals surface area contributed by atoms with E-state index in [1.165, 1.54) is 0 Å². The summed E-state index contributed by atoms with van der Waals surface area (Å²) in [5, 5.41) is 17.9. The molecule has 1 aromatic carbocycles. The Labute approximate surface area is 117 Å². The molecule has 1 aromatic rings. The third-order valence-electron chi connectivity index (χ3n) is 3.03. The van der Waals surface area contributed by atoms with Crippen molar-refractivity contribution < 1.29 is 19.2 Å². The fourth-order valence-corrected chi connectivity index (χ4v) is 4.95. The van der Waals surface area contributed by atoms with E-state index in [2.05, 4.69) is 0 Å². The van der Waals surface area contributed by atoms with Crippen LogP contribution in [-0.4, -0.2) is 50.7 Å². The van der Waals surface area contributed by atoms with Gasteiger partial charge in [-0.2, -0.15) is 0 Å². The van der Waals surface area contributed by atoms with E-state index in [4.69, 9.17) is 10.2 Å². The molecule has 6 heteroatoms. The number of rotatable bonds is 7. The predicted octanol–water partition coefficient (Wildman–Crippen LogP) is 0.261. The number of carbonyl (C=O) groups excluding carboxylic acids is 1. The number of aliphatic hydroxyl groups is 2. The maximum Gasteiger partial charge on any atom is 0.213 e. The van der Waals surface area contributed by atoms with Gasteiger partial charge in [-0.3, -0.25) is 4.79 Å². The predicted molar refractivity (Wildman–Crippen MR) is 76.3 cm³/mol. The second kappa shape index (κ2) is 6.17. The van der Waals surface area contributed by atoms with Gasteiger partial charge in [-0.1, -0.05) is 6.07 Å². The van der Waals surface area contributed by atoms with Crippen LogP contribution >= 0.6 is 0 Å². The summed E-state index contributed by atoms with van der Waals surface area (Å²) in [6.07, 6.45) is 0. The number of carbonyl (C=O) groups is 1. The Bertz CT molecular complexity index is 522. The summed E-state index contributed by atoms with van der Waals surface area (Å²) >= 11 is 0. The molecule has 0 spiro atoms. The van der Waals surface area contributed by atoms with Gasteiger partial charge in [-0.25, -0.2) is 4.21 Å². The zero-order valence-corrected chi connectivity index (χ0v) is 12.4. The molecule has 0 aliphatic carbocycles. The molecule has 1 heterocycles. The Morgan fingerprint density at radius 3 is 2.42 bits per heavy atom. The largest absolute Gasteiger partial charge is 0.391 e. The van der Waals surface area contributed by atoms with Crippen LogP contribution in [0.25, 0.3) is 0 Å². The van der Waals surface area contributed by atoms with Gasteiger partial charge in [0, 0.05) is 16.5 Å². The highest BCUT2D eigenvalue weighted by molar-refractivity contribution is 7.97. The summed E-state index contributed by atoms with van der Waals surface area (Å²) in [5.41, 5.74) is 1.52. The van der Waals surface area contributed by atoms with Gasteiger partial charge in [0.25, 0.3) is 0 Å². The minimum Gasteiger partial charge on any atom is -0.391 e. The molecule has 0 amide bonds. The van der Waals surface area contributed by atoms with Crippen molar-refractivity contribution in [1.29, 1.82) is 0 Å². The van der Waals surface area contributed by atoms with E-state index in [0.29, 0.717) is 27.7 Å². The molecule has 1 unspecified atom stereocenters. The third-order valence-corrected chi connectivity index (χ3v) is 6.71. The monoisotopic (exact) mass is 301 g/mol. The molecular weight excluding hydrogens is 284 g/mol. The number of benzene rings is 1. The van der Waals surface area contributed by atoms with Gasteiger partial charge < -0.3 is 10.2 Å². The van der Waals surface area contributed by atoms with E-state index in [9.17, 15) is 9.00 Å². The molecule has 1 aliphatic heterocycles. The molecule has 1 aliphatic rings. The molecular formula is C13H17O4S2+. The first-order chi connectivity index (χ1) is 9.10. The van der Waals surface area contributed by atoms with Crippen molar-refractivity contribution in [2.24, 2.45) is 0 Å². The van der Waals surface area contributed by atoms with E-state index in [1.807, 2.05) is 13.0 Å². The van der Waals surface area contributed by atoms with Crippen molar-refractivity contribution in [1.82, 2.24) is 0 Å². The lowest BCUT2D eigenvalue weighted by atomic mass is 10.1. The lowest BCUT2D eigenvalue weighted by molar-refractivity contribution is 0.101. The number of hydrogen-bond donors (Lipinski definition) is 2. The van der Waals surface area contributed by atoms with E-state index in [0.717, 1.165) is 10.5 Å². The zero-order valence-electron chi connectivity index (χ0n) is 10.7. The van der Waals surface area contributed by atoms with Crippen molar-refractivity contribution in [2.45, 2.75) is 16.7 Å². The van der Waals surface area contributed by atoms with Crippen molar-refractivity contribution in [3.8, 4) is 0 Å². The van der Waals surface area contributed by atoms with Crippen LogP contribution < -0.4 is 0 Å². The first kappa shape index (κ1) is 14.7. The number of fused-ring (bicyclic) bond motifs is 1. The molecule has 4 nitrogen and oxygen atoms in total. The molecule has 2 rings (SSSR count). The zero-order chi connectivity index (χ0) is 14.0. The number of aliphatic hydroxyl groups excluding tert-OH is 2. The van der Waals surface area contributed by atoms with E-state index in [1.54, 1.807) is 6.07 Å². The lowest BCUT2D eigenvalue weighted by Gasteiger charge is -2.05. The third kappa shape index (κ3) is 3.08. The summed E-state index contributed by atoms with van der Waals surface area (Å²) in [6.45, 7) is 1.93. The fourth-order valence-electron chi connectivity index (χ4n) is 2.03. The van der Waals surface area contributed by atoms with Gasteiger partial charge in [0.2, 0.25) is 5.78 Å². The number of hydrogen-bond acceptors (Lipinski definition) is 4. The fraction of sp³-hybridized carbons (Fsp3) is 0.462. The van der Waals surface area contributed by atoms with Gasteiger partial charge in [0.05, 0.1) is 33.8 Å². The standard InChI is InChI=1S/C13H17O4S2/c1-9-2-3-10(13-12(9)19(13)17)11(16)8-18(6-4-14)7-5-15/h2-3,14-15H,4-8H2,1H3/q+1. The van der Waals surface area contributed by atoms with Crippen LogP contribution in [0, 0.1) is 6.92 Å². The van der Waals surface area contributed by atoms with Gasteiger partial charge in [0.1, 0.15) is 11.5 Å². The number of Topliss-reactive ketones (excluding diaryl/α,β-unsaturated/α-hetero) is 1. The van der Waals surface area contributed by atoms with Crippen LogP contribution in [-0.2, 0) is 21.7 Å². The van der Waals surface area contributed by atoms with Crippen LogP contribution in [0.15, 0.2) is 21.9 Å². The molecule has 0 radical (unpaired) electrons. The maximum atomic E-state index is 12.2. The summed E-state index contributed by atoms with van der Waals surface area (Å²) in [4.78, 5) is 13.7. The Kier molecular flexibility index (Phi) is 4.78. The minimum atomic E-state index is -1.10. The number of aryl methyl sites for hydroxylation is 1. The first-order valence-corrected chi connectivity index (χ1v) is 8.92. The molecule has 0 aromatic heterocycles. The van der Waals surface area contributed by atoms with Crippen molar-refractivity contribution in [3.05, 3.63) is 23.3 Å². The van der Waals surface area contributed by atoms with Crippen LogP contribution in [0.5, 0.6) is 0 Å². The van der Waals surface area contributed by atoms with Gasteiger partial charge in [-0.05, 0) is 18.6 Å². The highest BCUT2D eigenvalue weighted by Gasteiger charge is 2.37. The normalized spacial score (nSPS) is 16.5. The van der Waals surface area contributed by atoms with Crippen LogP contribution in [0.3, 0.4) is 0 Å². The van der Waals surface area contributed by atoms with Crippen molar-refractivity contribution in [2.75, 3.05) is 30.5 Å². The summed E-state index contributed by atoms with van der Waals surface area (Å²) < 4.78 is 11.7. The van der Waals surface area contributed by atoms with E-state index in [-0.39, 0.29) is 29.9 Å². The smallest absolute Gasteiger partial charge is 0.213 e. The quantitative estimate of drug-likeness (QED) is 0.437. The molecule has 0 saturated heterocycles. The summed E-state index contributed by atoms with van der Waals surface area (Å²) in [5.74, 6) is 1.34. The minimum absolute atomic E-state index is 0.0221. The highest BCUT2D eigenvalue weighted by Crippen LogP contribution is 2.41. The van der Waals surface area contributed by atoms with Crippen LogP contribution in [0.2, 0.25) is 0 Å². The molecule has 0 bridgehead atoms. The average molecular weight is 301 g/mol. The second-order valence-corrected chi connectivity index (χ2v) is 8.08. The van der Waals surface area contributed by atoms with E-state index < -0.39 is 10.8 Å². The maximum absolute atomic E-state index is 12.2. The lowest BCUT2D eigenvalue weighted by Crippen LogP contribution is -2.25. The molecule has 0 saturated carbocycles. The van der Waals surface area contributed by atoms with Gasteiger partial charge >= 0.3 is 0 Å². The van der Waals surface area contributed by atoms with Gasteiger partial charge in [-0.15, -0.1) is 0 Å². The van der Waals surface area contributed by atoms with Gasteiger partial charge in [0.15, 0.2) is 5.75 Å². The highest BCUT2D eigenvalue weighted by atomic mass is 32.2. The Hall–Kier alpha value is -0.690. The topological polar surface area (TPSA) is 74.6 Å². The summed E-state index contributed by atoms with van der Waals surface area (Å²) in [7, 11) is -1.40. The molecule has 1 atom stereocenters. The summed E-state index contributed by atoms with van der Waals surface area (Å²) in [6, 6.07) is 3.56.